The molecule has 2 aliphatic heterocycles. The average molecular weight is 293 g/mol. The van der Waals surface area contributed by atoms with Crippen LogP contribution in [0.5, 0.6) is 0 Å². The first-order chi connectivity index (χ1) is 10.8. The molecule has 112 valence electrons. The van der Waals surface area contributed by atoms with E-state index in [4.69, 9.17) is 0 Å². The van der Waals surface area contributed by atoms with Crippen molar-refractivity contribution in [2.24, 2.45) is 11.8 Å². The van der Waals surface area contributed by atoms with Crippen molar-refractivity contribution in [2.45, 2.75) is 6.54 Å². The Labute approximate surface area is 130 Å². The second kappa shape index (κ2) is 5.54. The third kappa shape index (κ3) is 2.40. The molecule has 1 aromatic heterocycles. The average Bonchev–Trinajstić information content (AvgIpc) is 3.08. The normalized spacial score (nSPS) is 24.7. The van der Waals surface area contributed by atoms with Gasteiger partial charge in [0.05, 0.1) is 11.6 Å². The first kappa shape index (κ1) is 13.5. The van der Waals surface area contributed by atoms with Crippen LogP contribution in [0.2, 0.25) is 0 Å². The fourth-order valence-corrected chi connectivity index (χ4v) is 3.64. The molecule has 3 heterocycles. The minimum Gasteiger partial charge on any atom is -0.312 e. The summed E-state index contributed by atoms with van der Waals surface area (Å²) in [5, 5.41) is 0. The fourth-order valence-electron chi connectivity index (χ4n) is 3.64. The SMILES string of the molecule is O=C1[C@H]2CN(Cc3ccccn3)C[C@H]2CN1c1ccccc1. The molecule has 0 aliphatic carbocycles. The topological polar surface area (TPSA) is 36.4 Å². The lowest BCUT2D eigenvalue weighted by Crippen LogP contribution is -2.32. The van der Waals surface area contributed by atoms with Crippen LogP contribution in [0, 0.1) is 11.8 Å². The van der Waals surface area contributed by atoms with E-state index in [9.17, 15) is 4.79 Å². The first-order valence-electron chi connectivity index (χ1n) is 7.80. The number of fused-ring (bicyclic) bond motifs is 1. The number of hydrogen-bond acceptors (Lipinski definition) is 3. The van der Waals surface area contributed by atoms with Gasteiger partial charge in [0, 0.05) is 44.0 Å². The van der Waals surface area contributed by atoms with Crippen molar-refractivity contribution < 1.29 is 4.79 Å². The van der Waals surface area contributed by atoms with E-state index >= 15 is 0 Å². The summed E-state index contributed by atoms with van der Waals surface area (Å²) in [6, 6.07) is 16.0. The summed E-state index contributed by atoms with van der Waals surface area (Å²) < 4.78 is 0. The Morgan fingerprint density at radius 2 is 1.82 bits per heavy atom. The molecular formula is C18H19N3O. The molecule has 2 fully saturated rings. The van der Waals surface area contributed by atoms with E-state index in [1.807, 2.05) is 59.6 Å². The summed E-state index contributed by atoms with van der Waals surface area (Å²) in [5.74, 6) is 0.861. The lowest BCUT2D eigenvalue weighted by Gasteiger charge is -2.21. The van der Waals surface area contributed by atoms with E-state index in [-0.39, 0.29) is 11.8 Å². The van der Waals surface area contributed by atoms with Crippen molar-refractivity contribution in [1.29, 1.82) is 0 Å². The van der Waals surface area contributed by atoms with Crippen molar-refractivity contribution in [3.63, 3.8) is 0 Å². The van der Waals surface area contributed by atoms with Gasteiger partial charge >= 0.3 is 0 Å². The molecule has 2 atom stereocenters. The van der Waals surface area contributed by atoms with Gasteiger partial charge in [-0.25, -0.2) is 0 Å². The molecule has 0 saturated carbocycles. The Kier molecular flexibility index (Phi) is 3.39. The molecule has 0 radical (unpaired) electrons. The quantitative estimate of drug-likeness (QED) is 0.870. The maximum Gasteiger partial charge on any atom is 0.231 e. The summed E-state index contributed by atoms with van der Waals surface area (Å²) in [6.07, 6.45) is 1.83. The van der Waals surface area contributed by atoms with E-state index in [1.54, 1.807) is 0 Å². The Bertz CT molecular complexity index is 659. The highest BCUT2D eigenvalue weighted by molar-refractivity contribution is 5.98. The monoisotopic (exact) mass is 293 g/mol. The van der Waals surface area contributed by atoms with Crippen LogP contribution in [0.4, 0.5) is 5.69 Å². The van der Waals surface area contributed by atoms with Gasteiger partial charge in [-0.05, 0) is 24.3 Å². The molecular weight excluding hydrogens is 274 g/mol. The van der Waals surface area contributed by atoms with Crippen molar-refractivity contribution in [1.82, 2.24) is 9.88 Å². The van der Waals surface area contributed by atoms with Gasteiger partial charge in [0.25, 0.3) is 0 Å². The predicted octanol–water partition coefficient (Wildman–Crippen LogP) is 2.18. The molecule has 22 heavy (non-hydrogen) atoms. The smallest absolute Gasteiger partial charge is 0.231 e. The third-order valence-electron chi connectivity index (χ3n) is 4.70. The number of benzene rings is 1. The number of anilines is 1. The highest BCUT2D eigenvalue weighted by Gasteiger charge is 2.46. The van der Waals surface area contributed by atoms with Crippen LogP contribution >= 0.6 is 0 Å². The lowest BCUT2D eigenvalue weighted by molar-refractivity contribution is -0.120. The largest absolute Gasteiger partial charge is 0.312 e. The highest BCUT2D eigenvalue weighted by Crippen LogP contribution is 2.35. The molecule has 0 bridgehead atoms. The fraction of sp³-hybridized carbons (Fsp3) is 0.333. The summed E-state index contributed by atoms with van der Waals surface area (Å²) in [4.78, 5) is 21.4. The predicted molar refractivity (Wildman–Crippen MR) is 85.3 cm³/mol. The van der Waals surface area contributed by atoms with Crippen molar-refractivity contribution in [2.75, 3.05) is 24.5 Å². The van der Waals surface area contributed by atoms with E-state index in [0.717, 1.165) is 37.6 Å². The Morgan fingerprint density at radius 3 is 2.55 bits per heavy atom. The maximum atomic E-state index is 12.7. The van der Waals surface area contributed by atoms with Crippen LogP contribution in [0.1, 0.15) is 5.69 Å². The van der Waals surface area contributed by atoms with Gasteiger partial charge in [0.2, 0.25) is 5.91 Å². The molecule has 1 amide bonds. The van der Waals surface area contributed by atoms with E-state index in [2.05, 4.69) is 9.88 Å². The van der Waals surface area contributed by atoms with Crippen LogP contribution < -0.4 is 4.90 Å². The zero-order chi connectivity index (χ0) is 14.9. The number of aromatic nitrogens is 1. The Balaban J connectivity index is 1.44. The molecule has 4 rings (SSSR count). The van der Waals surface area contributed by atoms with Crippen LogP contribution in [0.3, 0.4) is 0 Å². The van der Waals surface area contributed by atoms with Crippen molar-refractivity contribution >= 4 is 11.6 Å². The second-order valence-electron chi connectivity index (χ2n) is 6.17. The van der Waals surface area contributed by atoms with Crippen molar-refractivity contribution in [3.8, 4) is 0 Å². The number of amides is 1. The number of carbonyl (C=O) groups is 1. The summed E-state index contributed by atoms with van der Waals surface area (Å²) >= 11 is 0. The standard InChI is InChI=1S/C18H19N3O/c22-18-17-13-20(12-15-6-4-5-9-19-15)10-14(17)11-21(18)16-7-2-1-3-8-16/h1-9,14,17H,10-13H2/t14-,17-/m0/s1. The number of likely N-dealkylation sites (tertiary alicyclic amines) is 1. The molecule has 4 heteroatoms. The maximum absolute atomic E-state index is 12.7. The molecule has 2 aromatic rings. The Morgan fingerprint density at radius 1 is 1.00 bits per heavy atom. The number of rotatable bonds is 3. The highest BCUT2D eigenvalue weighted by atomic mass is 16.2. The van der Waals surface area contributed by atoms with Gasteiger partial charge < -0.3 is 4.90 Å². The van der Waals surface area contributed by atoms with Crippen LogP contribution in [0.25, 0.3) is 0 Å². The molecule has 0 N–H and O–H groups in total. The summed E-state index contributed by atoms with van der Waals surface area (Å²) in [5.41, 5.74) is 2.10. The number of nitrogens with zero attached hydrogens (tertiary/aromatic N) is 3. The van der Waals surface area contributed by atoms with E-state index in [1.165, 1.54) is 0 Å². The number of carbonyl (C=O) groups excluding carboxylic acids is 1. The third-order valence-corrected chi connectivity index (χ3v) is 4.70. The number of hydrogen-bond donors (Lipinski definition) is 0. The van der Waals surface area contributed by atoms with Gasteiger partial charge in [-0.3, -0.25) is 14.7 Å². The van der Waals surface area contributed by atoms with Crippen LogP contribution in [0.15, 0.2) is 54.7 Å². The van der Waals surface area contributed by atoms with Gasteiger partial charge in [-0.1, -0.05) is 24.3 Å². The zero-order valence-corrected chi connectivity index (χ0v) is 12.4. The molecule has 2 saturated heterocycles. The zero-order valence-electron chi connectivity index (χ0n) is 12.4. The van der Waals surface area contributed by atoms with Crippen LogP contribution in [-0.2, 0) is 11.3 Å². The van der Waals surface area contributed by atoms with Crippen molar-refractivity contribution in [3.05, 3.63) is 60.4 Å². The van der Waals surface area contributed by atoms with Gasteiger partial charge in [-0.15, -0.1) is 0 Å². The van der Waals surface area contributed by atoms with Gasteiger partial charge in [0.1, 0.15) is 0 Å². The van der Waals surface area contributed by atoms with E-state index in [0.29, 0.717) is 5.92 Å². The van der Waals surface area contributed by atoms with Crippen LogP contribution in [-0.4, -0.2) is 35.4 Å². The molecule has 4 nitrogen and oxygen atoms in total. The minimum atomic E-state index is 0.143. The van der Waals surface area contributed by atoms with E-state index < -0.39 is 0 Å². The number of para-hydroxylation sites is 1. The second-order valence-corrected chi connectivity index (χ2v) is 6.17. The molecule has 0 unspecified atom stereocenters. The lowest BCUT2D eigenvalue weighted by atomic mass is 10.0. The number of pyridine rings is 1. The molecule has 2 aliphatic rings. The van der Waals surface area contributed by atoms with Gasteiger partial charge in [-0.2, -0.15) is 0 Å². The first-order valence-corrected chi connectivity index (χ1v) is 7.80. The summed E-state index contributed by atoms with van der Waals surface area (Å²) in [6.45, 7) is 3.51. The molecule has 1 aromatic carbocycles. The molecule has 0 spiro atoms. The Hall–Kier alpha value is -2.20. The minimum absolute atomic E-state index is 0.143. The summed E-state index contributed by atoms with van der Waals surface area (Å²) in [7, 11) is 0. The van der Waals surface area contributed by atoms with Gasteiger partial charge in [0.15, 0.2) is 0 Å².